The Morgan fingerprint density at radius 2 is 2.42 bits per heavy atom. The lowest BCUT2D eigenvalue weighted by Crippen LogP contribution is -2.29. The van der Waals surface area contributed by atoms with Crippen LogP contribution in [0.15, 0.2) is 18.3 Å². The Hall–Kier alpha value is -1.62. The third-order valence-electron chi connectivity index (χ3n) is 3.63. The van der Waals surface area contributed by atoms with Crippen LogP contribution in [0.4, 0.5) is 0 Å². The van der Waals surface area contributed by atoms with Crippen LogP contribution in [0.5, 0.6) is 6.01 Å². The number of fused-ring (bicyclic) bond motifs is 1. The van der Waals surface area contributed by atoms with Crippen LogP contribution in [0.1, 0.15) is 25.7 Å². The summed E-state index contributed by atoms with van der Waals surface area (Å²) in [6.07, 6.45) is 6.70. The number of ether oxygens (including phenoxy) is 1. The van der Waals surface area contributed by atoms with Crippen molar-refractivity contribution in [3.63, 3.8) is 0 Å². The average molecular weight is 260 g/mol. The van der Waals surface area contributed by atoms with Crippen LogP contribution in [0.3, 0.4) is 0 Å². The predicted octanol–water partition coefficient (Wildman–Crippen LogP) is 2.12. The number of nitrogens with zero attached hydrogens (tertiary/aromatic N) is 2. The SMILES string of the molecule is c1cnc2nc(OCCC[C@H]3CCCNC3)[nH]c2c1. The van der Waals surface area contributed by atoms with Crippen LogP contribution in [-0.4, -0.2) is 34.6 Å². The second kappa shape index (κ2) is 6.02. The molecular formula is C14H20N4O. The van der Waals surface area contributed by atoms with Gasteiger partial charge in [-0.25, -0.2) is 4.98 Å². The fraction of sp³-hybridized carbons (Fsp3) is 0.571. The topological polar surface area (TPSA) is 62.8 Å². The van der Waals surface area contributed by atoms with Gasteiger partial charge in [-0.1, -0.05) is 0 Å². The molecular weight excluding hydrogens is 240 g/mol. The highest BCUT2D eigenvalue weighted by molar-refractivity contribution is 5.70. The van der Waals surface area contributed by atoms with Gasteiger partial charge in [0.25, 0.3) is 6.01 Å². The Bertz CT molecular complexity index is 486. The van der Waals surface area contributed by atoms with Gasteiger partial charge < -0.3 is 15.0 Å². The quantitative estimate of drug-likeness (QED) is 0.808. The van der Waals surface area contributed by atoms with Gasteiger partial charge in [-0.05, 0) is 56.8 Å². The molecule has 1 fully saturated rings. The summed E-state index contributed by atoms with van der Waals surface area (Å²) in [6.45, 7) is 3.06. The van der Waals surface area contributed by atoms with E-state index in [9.17, 15) is 0 Å². The number of pyridine rings is 1. The molecule has 102 valence electrons. The summed E-state index contributed by atoms with van der Waals surface area (Å²) >= 11 is 0. The van der Waals surface area contributed by atoms with Gasteiger partial charge in [-0.15, -0.1) is 0 Å². The molecule has 0 radical (unpaired) electrons. The highest BCUT2D eigenvalue weighted by Gasteiger charge is 2.12. The van der Waals surface area contributed by atoms with Crippen LogP contribution in [0, 0.1) is 5.92 Å². The number of nitrogens with one attached hydrogen (secondary N) is 2. The summed E-state index contributed by atoms with van der Waals surface area (Å²) in [5.41, 5.74) is 1.64. The van der Waals surface area contributed by atoms with Gasteiger partial charge in [-0.2, -0.15) is 4.98 Å². The van der Waals surface area contributed by atoms with Crippen molar-refractivity contribution in [3.05, 3.63) is 18.3 Å². The Morgan fingerprint density at radius 1 is 1.42 bits per heavy atom. The fourth-order valence-electron chi connectivity index (χ4n) is 2.60. The van der Waals surface area contributed by atoms with Crippen LogP contribution < -0.4 is 10.1 Å². The average Bonchev–Trinajstić information content (AvgIpc) is 2.87. The molecule has 0 saturated carbocycles. The lowest BCUT2D eigenvalue weighted by molar-refractivity contribution is 0.262. The minimum atomic E-state index is 0.579. The maximum Gasteiger partial charge on any atom is 0.296 e. The molecule has 0 bridgehead atoms. The minimum absolute atomic E-state index is 0.579. The molecule has 0 aliphatic carbocycles. The predicted molar refractivity (Wildman–Crippen MR) is 74.2 cm³/mol. The van der Waals surface area contributed by atoms with E-state index in [0.29, 0.717) is 11.7 Å². The van der Waals surface area contributed by atoms with E-state index in [1.54, 1.807) is 6.20 Å². The standard InChI is InChI=1S/C14H20N4O/c1-4-11(10-15-7-1)5-3-9-19-14-17-12-6-2-8-16-13(12)18-14/h2,6,8,11,15H,1,3-5,7,9-10H2,(H,16,17,18)/t11-/m1/s1. The van der Waals surface area contributed by atoms with Gasteiger partial charge in [0.2, 0.25) is 0 Å². The Kier molecular flexibility index (Phi) is 3.93. The molecule has 1 aliphatic rings. The lowest BCUT2D eigenvalue weighted by atomic mass is 9.95. The second-order valence-corrected chi connectivity index (χ2v) is 5.12. The zero-order chi connectivity index (χ0) is 12.9. The molecule has 5 nitrogen and oxygen atoms in total. The third kappa shape index (κ3) is 3.23. The van der Waals surface area contributed by atoms with Crippen molar-refractivity contribution in [2.75, 3.05) is 19.7 Å². The van der Waals surface area contributed by atoms with Crippen molar-refractivity contribution in [2.45, 2.75) is 25.7 Å². The van der Waals surface area contributed by atoms with Crippen molar-refractivity contribution < 1.29 is 4.74 Å². The summed E-state index contributed by atoms with van der Waals surface area (Å²) in [7, 11) is 0. The number of aromatic amines is 1. The molecule has 3 rings (SSSR count). The first-order chi connectivity index (χ1) is 9.42. The number of rotatable bonds is 5. The highest BCUT2D eigenvalue weighted by Crippen LogP contribution is 2.17. The number of hydrogen-bond donors (Lipinski definition) is 2. The van der Waals surface area contributed by atoms with Crippen molar-refractivity contribution in [1.82, 2.24) is 20.3 Å². The molecule has 2 aromatic heterocycles. The van der Waals surface area contributed by atoms with Crippen LogP contribution in [-0.2, 0) is 0 Å². The highest BCUT2D eigenvalue weighted by atomic mass is 16.5. The molecule has 0 spiro atoms. The number of imidazole rings is 1. The van der Waals surface area contributed by atoms with E-state index in [0.717, 1.165) is 31.0 Å². The van der Waals surface area contributed by atoms with Crippen LogP contribution >= 0.6 is 0 Å². The first kappa shape index (κ1) is 12.4. The molecule has 0 amide bonds. The molecule has 0 unspecified atom stereocenters. The van der Waals surface area contributed by atoms with Gasteiger partial charge in [0.1, 0.15) is 0 Å². The van der Waals surface area contributed by atoms with Crippen molar-refractivity contribution in [3.8, 4) is 6.01 Å². The summed E-state index contributed by atoms with van der Waals surface area (Å²) in [6, 6.07) is 4.42. The van der Waals surface area contributed by atoms with Gasteiger partial charge >= 0.3 is 0 Å². The number of H-pyrrole nitrogens is 1. The monoisotopic (exact) mass is 260 g/mol. The van der Waals surface area contributed by atoms with Crippen molar-refractivity contribution >= 4 is 11.2 Å². The fourth-order valence-corrected chi connectivity index (χ4v) is 2.60. The second-order valence-electron chi connectivity index (χ2n) is 5.12. The first-order valence-corrected chi connectivity index (χ1v) is 7.06. The Morgan fingerprint density at radius 3 is 3.26 bits per heavy atom. The zero-order valence-electron chi connectivity index (χ0n) is 11.1. The third-order valence-corrected chi connectivity index (χ3v) is 3.63. The maximum atomic E-state index is 5.65. The zero-order valence-corrected chi connectivity index (χ0v) is 11.1. The molecule has 1 aliphatic heterocycles. The first-order valence-electron chi connectivity index (χ1n) is 7.06. The van der Waals surface area contributed by atoms with Gasteiger partial charge in [-0.3, -0.25) is 0 Å². The summed E-state index contributed by atoms with van der Waals surface area (Å²) in [5.74, 6) is 0.815. The van der Waals surface area contributed by atoms with Crippen molar-refractivity contribution in [1.29, 1.82) is 0 Å². The molecule has 2 aromatic rings. The molecule has 0 aromatic carbocycles. The van der Waals surface area contributed by atoms with E-state index >= 15 is 0 Å². The smallest absolute Gasteiger partial charge is 0.296 e. The Balaban J connectivity index is 1.44. The largest absolute Gasteiger partial charge is 0.465 e. The van der Waals surface area contributed by atoms with Gasteiger partial charge in [0, 0.05) is 6.20 Å². The van der Waals surface area contributed by atoms with Crippen molar-refractivity contribution in [2.24, 2.45) is 5.92 Å². The van der Waals surface area contributed by atoms with E-state index in [-0.39, 0.29) is 0 Å². The molecule has 1 atom stereocenters. The molecule has 3 heterocycles. The lowest BCUT2D eigenvalue weighted by Gasteiger charge is -2.22. The minimum Gasteiger partial charge on any atom is -0.465 e. The summed E-state index contributed by atoms with van der Waals surface area (Å²) in [5, 5.41) is 3.44. The van der Waals surface area contributed by atoms with Gasteiger partial charge in [0.15, 0.2) is 5.65 Å². The number of piperidine rings is 1. The summed E-state index contributed by atoms with van der Waals surface area (Å²) in [4.78, 5) is 11.6. The number of hydrogen-bond acceptors (Lipinski definition) is 4. The molecule has 5 heteroatoms. The molecule has 19 heavy (non-hydrogen) atoms. The van der Waals surface area contributed by atoms with E-state index < -0.39 is 0 Å². The normalized spacial score (nSPS) is 19.7. The van der Waals surface area contributed by atoms with E-state index in [4.69, 9.17) is 4.74 Å². The number of aromatic nitrogens is 3. The van der Waals surface area contributed by atoms with Crippen LogP contribution in [0.2, 0.25) is 0 Å². The van der Waals surface area contributed by atoms with Crippen LogP contribution in [0.25, 0.3) is 11.2 Å². The van der Waals surface area contributed by atoms with E-state index in [1.807, 2.05) is 12.1 Å². The van der Waals surface area contributed by atoms with E-state index in [2.05, 4.69) is 20.3 Å². The van der Waals surface area contributed by atoms with Gasteiger partial charge in [0.05, 0.1) is 12.1 Å². The van der Waals surface area contributed by atoms with E-state index in [1.165, 1.54) is 25.8 Å². The maximum absolute atomic E-state index is 5.65. The Labute approximate surface area is 112 Å². The molecule has 1 saturated heterocycles. The molecule has 2 N–H and O–H groups in total. The summed E-state index contributed by atoms with van der Waals surface area (Å²) < 4.78 is 5.65.